The summed E-state index contributed by atoms with van der Waals surface area (Å²) >= 11 is 0. The second kappa shape index (κ2) is 10.1. The van der Waals surface area contributed by atoms with Gasteiger partial charge in [-0.25, -0.2) is 15.0 Å². The summed E-state index contributed by atoms with van der Waals surface area (Å²) in [5.74, 6) is 1.14. The van der Waals surface area contributed by atoms with Gasteiger partial charge in [0.1, 0.15) is 5.82 Å². The molecule has 1 atom stereocenters. The van der Waals surface area contributed by atoms with Crippen LogP contribution in [-0.2, 0) is 17.5 Å². The molecule has 3 aromatic rings. The number of hydrogen-bond donors (Lipinski definition) is 1. The first-order valence-corrected chi connectivity index (χ1v) is 11.8. The Hall–Kier alpha value is -3.43. The van der Waals surface area contributed by atoms with Gasteiger partial charge in [0, 0.05) is 49.6 Å². The average molecular weight is 487 g/mol. The number of nitrogen functional groups attached to an aromatic ring is 1. The first kappa shape index (κ1) is 24.7. The van der Waals surface area contributed by atoms with Gasteiger partial charge >= 0.3 is 6.18 Å². The molecule has 7 nitrogen and oxygen atoms in total. The van der Waals surface area contributed by atoms with Crippen LogP contribution in [0.2, 0.25) is 0 Å². The zero-order valence-corrected chi connectivity index (χ0v) is 19.8. The van der Waals surface area contributed by atoms with Gasteiger partial charge in [-0.1, -0.05) is 26.0 Å². The Morgan fingerprint density at radius 1 is 1.23 bits per heavy atom. The normalized spacial score (nSPS) is 16.6. The lowest BCUT2D eigenvalue weighted by Gasteiger charge is -2.36. The highest BCUT2D eigenvalue weighted by molar-refractivity contribution is 5.77. The zero-order valence-electron chi connectivity index (χ0n) is 19.8. The number of aromatic nitrogens is 4. The fourth-order valence-electron chi connectivity index (χ4n) is 4.63. The number of likely N-dealkylation sites (tertiary alicyclic amines) is 1. The Kier molecular flexibility index (Phi) is 7.09. The molecule has 2 N–H and O–H groups in total. The Balaban J connectivity index is 1.63. The summed E-state index contributed by atoms with van der Waals surface area (Å²) in [5, 5.41) is 0. The van der Waals surface area contributed by atoms with Crippen LogP contribution >= 0.6 is 0 Å². The van der Waals surface area contributed by atoms with Crippen molar-refractivity contribution in [1.82, 2.24) is 24.4 Å². The fraction of sp³-hybridized carbons (Fsp3) is 0.440. The molecule has 1 aliphatic heterocycles. The number of nitrogens with zero attached hydrogens (tertiary/aromatic N) is 5. The van der Waals surface area contributed by atoms with Crippen LogP contribution in [0.15, 0.2) is 42.9 Å². The van der Waals surface area contributed by atoms with E-state index in [1.54, 1.807) is 17.2 Å². The second-order valence-electron chi connectivity index (χ2n) is 9.09. The molecule has 0 unspecified atom stereocenters. The third-order valence-electron chi connectivity index (χ3n) is 6.31. The van der Waals surface area contributed by atoms with Gasteiger partial charge in [0.05, 0.1) is 17.3 Å². The molecule has 0 radical (unpaired) electrons. The van der Waals surface area contributed by atoms with Gasteiger partial charge in [-0.05, 0) is 37.0 Å². The summed E-state index contributed by atoms with van der Waals surface area (Å²) in [6.07, 6.45) is 3.23. The van der Waals surface area contributed by atoms with Gasteiger partial charge in [-0.15, -0.1) is 0 Å². The third kappa shape index (κ3) is 5.47. The number of benzene rings is 1. The Morgan fingerprint density at radius 3 is 2.77 bits per heavy atom. The number of imidazole rings is 1. The minimum Gasteiger partial charge on any atom is -0.368 e. The van der Waals surface area contributed by atoms with Crippen LogP contribution in [0.25, 0.3) is 11.1 Å². The number of nitrogens with two attached hydrogens (primary N) is 1. The van der Waals surface area contributed by atoms with Crippen molar-refractivity contribution >= 4 is 11.9 Å². The molecule has 1 aliphatic rings. The molecular weight excluding hydrogens is 457 g/mol. The Morgan fingerprint density at radius 2 is 2.03 bits per heavy atom. The standard InChI is InChI=1S/C25H29F3N6O/c1-16(2)23-30-10-13-33(23)12-9-21(35)34-11-4-3-8-20(34)22-19(15-31-24(29)32-22)17-6-5-7-18(14-17)25(26,27)28/h5-7,10,13-16,20H,3-4,8-9,11-12H2,1-2H3,(H2,29,31,32)/t20-/m0/s1. The summed E-state index contributed by atoms with van der Waals surface area (Å²) < 4.78 is 42.0. The number of piperidine rings is 1. The van der Waals surface area contributed by atoms with Crippen LogP contribution in [0.3, 0.4) is 0 Å². The van der Waals surface area contributed by atoms with E-state index < -0.39 is 17.8 Å². The molecule has 0 saturated carbocycles. The van der Waals surface area contributed by atoms with E-state index in [0.29, 0.717) is 36.3 Å². The highest BCUT2D eigenvalue weighted by Gasteiger charge is 2.33. The number of halogens is 3. The lowest BCUT2D eigenvalue weighted by atomic mass is 9.93. The zero-order chi connectivity index (χ0) is 25.2. The Bertz CT molecular complexity index is 1190. The molecular formula is C25H29F3N6O. The van der Waals surface area contributed by atoms with Crippen LogP contribution < -0.4 is 5.73 Å². The Labute approximate surface area is 202 Å². The van der Waals surface area contributed by atoms with Crippen molar-refractivity contribution in [3.8, 4) is 11.1 Å². The van der Waals surface area contributed by atoms with Crippen LogP contribution in [-0.4, -0.2) is 36.9 Å². The monoisotopic (exact) mass is 486 g/mol. The molecule has 1 amide bonds. The molecule has 1 aromatic carbocycles. The summed E-state index contributed by atoms with van der Waals surface area (Å²) in [6.45, 7) is 5.16. The van der Waals surface area contributed by atoms with Crippen molar-refractivity contribution in [2.75, 3.05) is 12.3 Å². The van der Waals surface area contributed by atoms with Crippen LogP contribution in [0.1, 0.15) is 68.6 Å². The second-order valence-corrected chi connectivity index (χ2v) is 9.09. The first-order chi connectivity index (χ1) is 16.6. The van der Waals surface area contributed by atoms with Gasteiger partial charge in [-0.3, -0.25) is 4.79 Å². The maximum Gasteiger partial charge on any atom is 0.416 e. The summed E-state index contributed by atoms with van der Waals surface area (Å²) in [6, 6.07) is 4.67. The smallest absolute Gasteiger partial charge is 0.368 e. The van der Waals surface area contributed by atoms with E-state index in [4.69, 9.17) is 5.73 Å². The summed E-state index contributed by atoms with van der Waals surface area (Å²) in [7, 11) is 0. The molecule has 35 heavy (non-hydrogen) atoms. The molecule has 0 spiro atoms. The number of aryl methyl sites for hydroxylation is 1. The fourth-order valence-corrected chi connectivity index (χ4v) is 4.63. The number of hydrogen-bond acceptors (Lipinski definition) is 5. The van der Waals surface area contributed by atoms with Gasteiger partial charge in [-0.2, -0.15) is 13.2 Å². The third-order valence-corrected chi connectivity index (χ3v) is 6.31. The maximum absolute atomic E-state index is 13.3. The molecule has 1 saturated heterocycles. The highest BCUT2D eigenvalue weighted by atomic mass is 19.4. The van der Waals surface area contributed by atoms with Crippen molar-refractivity contribution in [2.45, 2.75) is 64.2 Å². The van der Waals surface area contributed by atoms with Gasteiger partial charge in [0.25, 0.3) is 0 Å². The van der Waals surface area contributed by atoms with E-state index in [-0.39, 0.29) is 24.2 Å². The van der Waals surface area contributed by atoms with Crippen molar-refractivity contribution in [2.24, 2.45) is 0 Å². The lowest BCUT2D eigenvalue weighted by Crippen LogP contribution is -2.39. The minimum absolute atomic E-state index is 0.0219. The number of alkyl halides is 3. The van der Waals surface area contributed by atoms with Crippen LogP contribution in [0, 0.1) is 0 Å². The van der Waals surface area contributed by atoms with Crippen molar-refractivity contribution in [3.63, 3.8) is 0 Å². The molecule has 2 aromatic heterocycles. The predicted octanol–water partition coefficient (Wildman–Crippen LogP) is 5.21. The highest BCUT2D eigenvalue weighted by Crippen LogP contribution is 2.38. The quantitative estimate of drug-likeness (QED) is 0.517. The van der Waals surface area contributed by atoms with Gasteiger partial charge < -0.3 is 15.2 Å². The van der Waals surface area contributed by atoms with Crippen molar-refractivity contribution in [3.05, 3.63) is 59.9 Å². The van der Waals surface area contributed by atoms with Crippen LogP contribution in [0.5, 0.6) is 0 Å². The number of rotatable bonds is 6. The molecule has 10 heteroatoms. The predicted molar refractivity (Wildman–Crippen MR) is 126 cm³/mol. The SMILES string of the molecule is CC(C)c1nccn1CCC(=O)N1CCCC[C@H]1c1nc(N)ncc1-c1cccc(C(F)(F)F)c1. The van der Waals surface area contributed by atoms with Gasteiger partial charge in [0.2, 0.25) is 11.9 Å². The van der Waals surface area contributed by atoms with E-state index in [2.05, 4.69) is 28.8 Å². The lowest BCUT2D eigenvalue weighted by molar-refractivity contribution is -0.137. The van der Waals surface area contributed by atoms with Crippen LogP contribution in [0.4, 0.5) is 19.1 Å². The van der Waals surface area contributed by atoms with E-state index in [1.807, 2.05) is 10.8 Å². The molecule has 0 aliphatic carbocycles. The number of amides is 1. The van der Waals surface area contributed by atoms with Gasteiger partial charge in [0.15, 0.2) is 0 Å². The molecule has 1 fully saturated rings. The number of carbonyl (C=O) groups excluding carboxylic acids is 1. The van der Waals surface area contributed by atoms with E-state index >= 15 is 0 Å². The van der Waals surface area contributed by atoms with E-state index in [9.17, 15) is 18.0 Å². The average Bonchev–Trinajstić information content (AvgIpc) is 3.31. The first-order valence-electron chi connectivity index (χ1n) is 11.8. The number of anilines is 1. The maximum atomic E-state index is 13.3. The summed E-state index contributed by atoms with van der Waals surface area (Å²) in [5.41, 5.74) is 6.40. The molecule has 186 valence electrons. The summed E-state index contributed by atoms with van der Waals surface area (Å²) in [4.78, 5) is 28.0. The number of carbonyl (C=O) groups is 1. The van der Waals surface area contributed by atoms with Crippen molar-refractivity contribution in [1.29, 1.82) is 0 Å². The molecule has 0 bridgehead atoms. The van der Waals surface area contributed by atoms with E-state index in [1.165, 1.54) is 12.3 Å². The van der Waals surface area contributed by atoms with Crippen molar-refractivity contribution < 1.29 is 18.0 Å². The topological polar surface area (TPSA) is 89.9 Å². The largest absolute Gasteiger partial charge is 0.416 e. The molecule has 3 heterocycles. The molecule has 4 rings (SSSR count). The minimum atomic E-state index is -4.47. The van der Waals surface area contributed by atoms with E-state index in [0.717, 1.165) is 30.8 Å².